The third kappa shape index (κ3) is 9.30. The summed E-state index contributed by atoms with van der Waals surface area (Å²) in [5, 5.41) is 6.60. The molecular weight excluding hydrogens is 234 g/mol. The number of hydrogen-bond acceptors (Lipinski definition) is 3. The Morgan fingerprint density at radius 1 is 1.35 bits per heavy atom. The zero-order valence-corrected chi connectivity index (χ0v) is 12.6. The van der Waals surface area contributed by atoms with Gasteiger partial charge in [0.2, 0.25) is 0 Å². The molecular formula is C12H27N3OS. The Kier molecular flexibility index (Phi) is 9.36. The number of aliphatic imine (C=N–C) groups is 1. The molecule has 17 heavy (non-hydrogen) atoms. The molecule has 5 heteroatoms. The molecule has 0 atom stereocenters. The first kappa shape index (κ1) is 16.6. The van der Waals surface area contributed by atoms with Gasteiger partial charge in [0.15, 0.2) is 5.96 Å². The average molecular weight is 261 g/mol. The minimum absolute atomic E-state index is 0.225. The zero-order valence-electron chi connectivity index (χ0n) is 11.8. The Morgan fingerprint density at radius 3 is 2.59 bits per heavy atom. The monoisotopic (exact) mass is 261 g/mol. The van der Waals surface area contributed by atoms with Gasteiger partial charge in [-0.3, -0.25) is 4.99 Å². The first-order chi connectivity index (χ1) is 8.05. The third-order valence-corrected chi connectivity index (χ3v) is 3.67. The van der Waals surface area contributed by atoms with Crippen molar-refractivity contribution < 1.29 is 4.74 Å². The fourth-order valence-electron chi connectivity index (χ4n) is 1.11. The van der Waals surface area contributed by atoms with Crippen LogP contribution in [0, 0.1) is 0 Å². The van der Waals surface area contributed by atoms with Crippen molar-refractivity contribution >= 4 is 17.7 Å². The van der Waals surface area contributed by atoms with E-state index in [4.69, 9.17) is 4.74 Å². The smallest absolute Gasteiger partial charge is 0.191 e. The molecule has 0 aromatic carbocycles. The average Bonchev–Trinajstić information content (AvgIpc) is 2.32. The molecule has 0 aliphatic carbocycles. The number of nitrogens with one attached hydrogen (secondary N) is 2. The van der Waals surface area contributed by atoms with Gasteiger partial charge < -0.3 is 15.4 Å². The SMILES string of the molecule is CCOCCCNC(=NC)NCC(C)(C)SC. The second-order valence-corrected chi connectivity index (χ2v) is 5.88. The van der Waals surface area contributed by atoms with E-state index in [0.717, 1.165) is 38.7 Å². The van der Waals surface area contributed by atoms with Crippen LogP contribution >= 0.6 is 11.8 Å². The van der Waals surface area contributed by atoms with E-state index >= 15 is 0 Å². The van der Waals surface area contributed by atoms with Crippen LogP contribution in [0.4, 0.5) is 0 Å². The Morgan fingerprint density at radius 2 is 2.06 bits per heavy atom. The van der Waals surface area contributed by atoms with Gasteiger partial charge in [0.25, 0.3) is 0 Å². The lowest BCUT2D eigenvalue weighted by Gasteiger charge is -2.23. The highest BCUT2D eigenvalue weighted by atomic mass is 32.2. The maximum atomic E-state index is 5.28. The molecule has 0 aromatic heterocycles. The zero-order chi connectivity index (χ0) is 13.1. The van der Waals surface area contributed by atoms with Crippen molar-refractivity contribution in [3.8, 4) is 0 Å². The quantitative estimate of drug-likeness (QED) is 0.397. The van der Waals surface area contributed by atoms with Gasteiger partial charge >= 0.3 is 0 Å². The molecule has 102 valence electrons. The van der Waals surface area contributed by atoms with Crippen LogP contribution in [-0.2, 0) is 4.74 Å². The normalized spacial score (nSPS) is 12.6. The van der Waals surface area contributed by atoms with E-state index in [1.165, 1.54) is 0 Å². The summed E-state index contributed by atoms with van der Waals surface area (Å²) in [5.41, 5.74) is 0. The minimum Gasteiger partial charge on any atom is -0.382 e. The number of rotatable bonds is 8. The molecule has 0 saturated carbocycles. The number of nitrogens with zero attached hydrogens (tertiary/aromatic N) is 1. The van der Waals surface area contributed by atoms with Crippen molar-refractivity contribution in [1.29, 1.82) is 0 Å². The highest BCUT2D eigenvalue weighted by Gasteiger charge is 2.15. The summed E-state index contributed by atoms with van der Waals surface area (Å²) >= 11 is 1.85. The number of guanidine groups is 1. The molecule has 0 unspecified atom stereocenters. The molecule has 0 saturated heterocycles. The van der Waals surface area contributed by atoms with Crippen molar-refractivity contribution in [2.24, 2.45) is 4.99 Å². The Hall–Kier alpha value is -0.420. The first-order valence-corrected chi connectivity index (χ1v) is 7.35. The van der Waals surface area contributed by atoms with Gasteiger partial charge in [0.1, 0.15) is 0 Å². The van der Waals surface area contributed by atoms with Crippen LogP contribution in [0.1, 0.15) is 27.2 Å². The maximum absolute atomic E-state index is 5.28. The summed E-state index contributed by atoms with van der Waals surface area (Å²) in [6.07, 6.45) is 3.13. The van der Waals surface area contributed by atoms with E-state index in [1.54, 1.807) is 7.05 Å². The molecule has 0 spiro atoms. The number of thioether (sulfide) groups is 1. The largest absolute Gasteiger partial charge is 0.382 e. The van der Waals surface area contributed by atoms with E-state index in [0.29, 0.717) is 0 Å². The van der Waals surface area contributed by atoms with Gasteiger partial charge in [-0.1, -0.05) is 0 Å². The van der Waals surface area contributed by atoms with Gasteiger partial charge in [-0.2, -0.15) is 11.8 Å². The van der Waals surface area contributed by atoms with Crippen molar-refractivity contribution in [3.63, 3.8) is 0 Å². The van der Waals surface area contributed by atoms with Crippen LogP contribution in [0.3, 0.4) is 0 Å². The van der Waals surface area contributed by atoms with Gasteiger partial charge in [0, 0.05) is 38.1 Å². The van der Waals surface area contributed by atoms with Crippen molar-refractivity contribution in [3.05, 3.63) is 0 Å². The molecule has 2 N–H and O–H groups in total. The summed E-state index contributed by atoms with van der Waals surface area (Å²) < 4.78 is 5.50. The van der Waals surface area contributed by atoms with Crippen molar-refractivity contribution in [2.45, 2.75) is 31.9 Å². The van der Waals surface area contributed by atoms with E-state index in [1.807, 2.05) is 18.7 Å². The summed E-state index contributed by atoms with van der Waals surface area (Å²) in [7, 11) is 1.80. The fraction of sp³-hybridized carbons (Fsp3) is 0.917. The highest BCUT2D eigenvalue weighted by molar-refractivity contribution is 7.99. The molecule has 0 heterocycles. The van der Waals surface area contributed by atoms with Gasteiger partial charge in [-0.05, 0) is 33.4 Å². The van der Waals surface area contributed by atoms with E-state index in [2.05, 4.69) is 35.7 Å². The van der Waals surface area contributed by atoms with Crippen molar-refractivity contribution in [2.75, 3.05) is 39.6 Å². The van der Waals surface area contributed by atoms with Crippen molar-refractivity contribution in [1.82, 2.24) is 10.6 Å². The molecule has 0 amide bonds. The van der Waals surface area contributed by atoms with Crippen LogP contribution in [0.2, 0.25) is 0 Å². The summed E-state index contributed by atoms with van der Waals surface area (Å²) in [6.45, 7) is 9.82. The number of ether oxygens (including phenoxy) is 1. The van der Waals surface area contributed by atoms with E-state index in [-0.39, 0.29) is 4.75 Å². The molecule has 0 bridgehead atoms. The number of hydrogen-bond donors (Lipinski definition) is 2. The Labute approximate surface area is 110 Å². The summed E-state index contributed by atoms with van der Waals surface area (Å²) in [5.74, 6) is 0.864. The van der Waals surface area contributed by atoms with E-state index in [9.17, 15) is 0 Å². The molecule has 0 radical (unpaired) electrons. The lowest BCUT2D eigenvalue weighted by Crippen LogP contribution is -2.43. The summed E-state index contributed by atoms with van der Waals surface area (Å²) in [4.78, 5) is 4.19. The molecule has 0 aromatic rings. The highest BCUT2D eigenvalue weighted by Crippen LogP contribution is 2.19. The Balaban J connectivity index is 3.71. The lowest BCUT2D eigenvalue weighted by atomic mass is 10.2. The maximum Gasteiger partial charge on any atom is 0.191 e. The summed E-state index contributed by atoms with van der Waals surface area (Å²) in [6, 6.07) is 0. The van der Waals surface area contributed by atoms with E-state index < -0.39 is 0 Å². The second-order valence-electron chi connectivity index (χ2n) is 4.37. The second kappa shape index (κ2) is 9.59. The predicted molar refractivity (Wildman–Crippen MR) is 78.1 cm³/mol. The van der Waals surface area contributed by atoms with Gasteiger partial charge in [-0.25, -0.2) is 0 Å². The Bertz CT molecular complexity index is 220. The third-order valence-electron chi connectivity index (χ3n) is 2.42. The first-order valence-electron chi connectivity index (χ1n) is 6.13. The van der Waals surface area contributed by atoms with Gasteiger partial charge in [0.05, 0.1) is 0 Å². The topological polar surface area (TPSA) is 45.6 Å². The lowest BCUT2D eigenvalue weighted by molar-refractivity contribution is 0.145. The molecule has 0 fully saturated rings. The van der Waals surface area contributed by atoms with Crippen LogP contribution in [0.5, 0.6) is 0 Å². The van der Waals surface area contributed by atoms with Crippen LogP contribution < -0.4 is 10.6 Å². The molecule has 0 aliphatic heterocycles. The molecule has 0 rings (SSSR count). The molecule has 0 aliphatic rings. The fourth-order valence-corrected chi connectivity index (χ4v) is 1.33. The van der Waals surface area contributed by atoms with Crippen LogP contribution in [0.15, 0.2) is 4.99 Å². The van der Waals surface area contributed by atoms with Crippen LogP contribution in [0.25, 0.3) is 0 Å². The van der Waals surface area contributed by atoms with Crippen LogP contribution in [-0.4, -0.2) is 50.3 Å². The minimum atomic E-state index is 0.225. The molecule has 4 nitrogen and oxygen atoms in total. The van der Waals surface area contributed by atoms with Gasteiger partial charge in [-0.15, -0.1) is 0 Å². The predicted octanol–water partition coefficient (Wildman–Crippen LogP) is 1.72. The standard InChI is InChI=1S/C12H27N3OS/c1-6-16-9-7-8-14-11(13-4)15-10-12(2,3)17-5/h6-10H2,1-5H3,(H2,13,14,15).